The van der Waals surface area contributed by atoms with Crippen molar-refractivity contribution in [2.24, 2.45) is 11.8 Å². The largest absolute Gasteiger partial charge is 0.348 e. The number of carbonyl (C=O) groups is 2. The summed E-state index contributed by atoms with van der Waals surface area (Å²) in [5, 5.41) is 0. The molecule has 1 unspecified atom stereocenters. The quantitative estimate of drug-likeness (QED) is 0.885. The molecule has 28 heavy (non-hydrogen) atoms. The van der Waals surface area contributed by atoms with Crippen LogP contribution in [0.15, 0.2) is 30.9 Å². The van der Waals surface area contributed by atoms with Gasteiger partial charge in [-0.3, -0.25) is 14.6 Å². The molecule has 1 N–H and O–H groups in total. The predicted octanol–water partition coefficient (Wildman–Crippen LogP) is 2.44. The van der Waals surface area contributed by atoms with Crippen LogP contribution in [0, 0.1) is 11.8 Å². The molecule has 2 aliphatic heterocycles. The highest BCUT2D eigenvalue weighted by molar-refractivity contribution is 5.93. The molecular formula is C21H27N5O2. The molecule has 0 spiro atoms. The molecule has 2 aromatic rings. The second-order valence-electron chi connectivity index (χ2n) is 8.02. The summed E-state index contributed by atoms with van der Waals surface area (Å²) in [4.78, 5) is 41.3. The fourth-order valence-electron chi connectivity index (χ4n) is 4.45. The lowest BCUT2D eigenvalue weighted by Crippen LogP contribution is -2.48. The van der Waals surface area contributed by atoms with Crippen molar-refractivity contribution in [3.05, 3.63) is 47.8 Å². The van der Waals surface area contributed by atoms with Gasteiger partial charge < -0.3 is 14.8 Å². The van der Waals surface area contributed by atoms with Gasteiger partial charge in [0.2, 0.25) is 5.91 Å². The van der Waals surface area contributed by atoms with Crippen LogP contribution in [0.3, 0.4) is 0 Å². The topological polar surface area (TPSA) is 82.2 Å². The second-order valence-corrected chi connectivity index (χ2v) is 8.02. The zero-order chi connectivity index (χ0) is 19.7. The number of nitrogens with one attached hydrogen (secondary N) is 1. The average molecular weight is 381 g/mol. The molecule has 4 heterocycles. The minimum atomic E-state index is -0.0322. The number of aromatic nitrogens is 3. The number of fused-ring (bicyclic) bond motifs is 1. The molecule has 2 aliphatic rings. The standard InChI is InChI=1S/C21H27N5O2/c1-14(2)20(27)26-11-7-17-18(24-13-23-17)19(26)15-5-9-25(10-6-15)21(28)16-4-3-8-22-12-16/h3-4,8,12-15,19H,5-7,9-11H2,1-2H3,(H,23,24). The third-order valence-electron chi connectivity index (χ3n) is 5.93. The molecule has 0 aromatic carbocycles. The molecular weight excluding hydrogens is 354 g/mol. The van der Waals surface area contributed by atoms with Crippen LogP contribution in [0.4, 0.5) is 0 Å². The Morgan fingerprint density at radius 1 is 1.21 bits per heavy atom. The lowest BCUT2D eigenvalue weighted by Gasteiger charge is -2.43. The van der Waals surface area contributed by atoms with Gasteiger partial charge in [-0.25, -0.2) is 4.98 Å². The lowest BCUT2D eigenvalue weighted by atomic mass is 9.83. The fourth-order valence-corrected chi connectivity index (χ4v) is 4.45. The van der Waals surface area contributed by atoms with Gasteiger partial charge in [0.05, 0.1) is 23.6 Å². The van der Waals surface area contributed by atoms with Crippen LogP contribution >= 0.6 is 0 Å². The first-order chi connectivity index (χ1) is 13.6. The van der Waals surface area contributed by atoms with Crippen molar-refractivity contribution in [1.82, 2.24) is 24.8 Å². The predicted molar refractivity (Wildman–Crippen MR) is 104 cm³/mol. The van der Waals surface area contributed by atoms with E-state index in [2.05, 4.69) is 15.0 Å². The summed E-state index contributed by atoms with van der Waals surface area (Å²) >= 11 is 0. The highest BCUT2D eigenvalue weighted by atomic mass is 16.2. The first-order valence-electron chi connectivity index (χ1n) is 10.1. The van der Waals surface area contributed by atoms with Crippen LogP contribution in [-0.4, -0.2) is 56.2 Å². The molecule has 0 saturated carbocycles. The van der Waals surface area contributed by atoms with E-state index in [0.717, 1.165) is 37.2 Å². The summed E-state index contributed by atoms with van der Waals surface area (Å²) in [6, 6.07) is 3.60. The zero-order valence-corrected chi connectivity index (χ0v) is 16.5. The number of hydrogen-bond donors (Lipinski definition) is 1. The smallest absolute Gasteiger partial charge is 0.255 e. The highest BCUT2D eigenvalue weighted by Gasteiger charge is 2.40. The summed E-state index contributed by atoms with van der Waals surface area (Å²) in [6.45, 7) is 6.02. The van der Waals surface area contributed by atoms with Gasteiger partial charge in [0.25, 0.3) is 5.91 Å². The van der Waals surface area contributed by atoms with Gasteiger partial charge in [0, 0.05) is 50.1 Å². The summed E-state index contributed by atoms with van der Waals surface area (Å²) in [5.74, 6) is 0.497. The van der Waals surface area contributed by atoms with Crippen molar-refractivity contribution >= 4 is 11.8 Å². The van der Waals surface area contributed by atoms with Gasteiger partial charge in [0.15, 0.2) is 0 Å². The van der Waals surface area contributed by atoms with Crippen molar-refractivity contribution in [2.45, 2.75) is 39.2 Å². The van der Waals surface area contributed by atoms with E-state index in [9.17, 15) is 9.59 Å². The van der Waals surface area contributed by atoms with Crippen LogP contribution in [0.25, 0.3) is 0 Å². The van der Waals surface area contributed by atoms with E-state index < -0.39 is 0 Å². The van der Waals surface area contributed by atoms with Crippen molar-refractivity contribution in [3.8, 4) is 0 Å². The normalized spacial score (nSPS) is 20.3. The van der Waals surface area contributed by atoms with E-state index in [1.807, 2.05) is 29.7 Å². The first-order valence-corrected chi connectivity index (χ1v) is 10.1. The van der Waals surface area contributed by atoms with Crippen LogP contribution in [0.1, 0.15) is 54.5 Å². The number of piperidine rings is 1. The minimum absolute atomic E-state index is 0.000504. The van der Waals surface area contributed by atoms with Crippen LogP contribution < -0.4 is 0 Å². The Hall–Kier alpha value is -2.70. The molecule has 4 rings (SSSR count). The Morgan fingerprint density at radius 3 is 2.68 bits per heavy atom. The van der Waals surface area contributed by atoms with E-state index in [0.29, 0.717) is 24.6 Å². The molecule has 7 heteroatoms. The van der Waals surface area contributed by atoms with Crippen molar-refractivity contribution < 1.29 is 9.59 Å². The summed E-state index contributed by atoms with van der Waals surface area (Å²) in [7, 11) is 0. The van der Waals surface area contributed by atoms with E-state index in [1.165, 1.54) is 0 Å². The molecule has 0 bridgehead atoms. The van der Waals surface area contributed by atoms with Crippen LogP contribution in [0.5, 0.6) is 0 Å². The number of rotatable bonds is 3. The summed E-state index contributed by atoms with van der Waals surface area (Å²) in [6.07, 6.45) is 7.59. The van der Waals surface area contributed by atoms with Gasteiger partial charge in [-0.1, -0.05) is 13.8 Å². The van der Waals surface area contributed by atoms with Crippen LogP contribution in [0.2, 0.25) is 0 Å². The maximum absolute atomic E-state index is 12.9. The van der Waals surface area contributed by atoms with E-state index in [4.69, 9.17) is 0 Å². The lowest BCUT2D eigenvalue weighted by molar-refractivity contribution is -0.139. The van der Waals surface area contributed by atoms with Crippen molar-refractivity contribution in [3.63, 3.8) is 0 Å². The molecule has 2 amide bonds. The van der Waals surface area contributed by atoms with Gasteiger partial charge >= 0.3 is 0 Å². The Bertz CT molecular complexity index is 839. The Kier molecular flexibility index (Phi) is 5.15. The maximum atomic E-state index is 12.9. The Morgan fingerprint density at radius 2 is 2.00 bits per heavy atom. The number of aromatic amines is 1. The highest BCUT2D eigenvalue weighted by Crippen LogP contribution is 2.39. The Balaban J connectivity index is 1.50. The fraction of sp³-hybridized carbons (Fsp3) is 0.524. The summed E-state index contributed by atoms with van der Waals surface area (Å²) < 4.78 is 0. The first kappa shape index (κ1) is 18.7. The third kappa shape index (κ3) is 3.41. The molecule has 1 fully saturated rings. The SMILES string of the molecule is CC(C)C(=O)N1CCc2[nH]cnc2C1C1CCN(C(=O)c2cccnc2)CC1. The van der Waals surface area contributed by atoms with Gasteiger partial charge in [-0.2, -0.15) is 0 Å². The number of hydrogen-bond acceptors (Lipinski definition) is 4. The van der Waals surface area contributed by atoms with E-state index in [1.54, 1.807) is 24.8 Å². The Labute approximate surface area is 165 Å². The van der Waals surface area contributed by atoms with Crippen molar-refractivity contribution in [2.75, 3.05) is 19.6 Å². The molecule has 0 radical (unpaired) electrons. The number of likely N-dealkylation sites (tertiary alicyclic amines) is 1. The average Bonchev–Trinajstić information content (AvgIpc) is 3.21. The number of imidazole rings is 1. The second kappa shape index (κ2) is 7.73. The van der Waals surface area contributed by atoms with Gasteiger partial charge in [0.1, 0.15) is 0 Å². The van der Waals surface area contributed by atoms with E-state index in [-0.39, 0.29) is 23.8 Å². The number of pyridine rings is 1. The number of H-pyrrole nitrogens is 1. The monoisotopic (exact) mass is 381 g/mol. The molecule has 2 aromatic heterocycles. The molecule has 1 saturated heterocycles. The third-order valence-corrected chi connectivity index (χ3v) is 5.93. The summed E-state index contributed by atoms with van der Waals surface area (Å²) in [5.41, 5.74) is 2.79. The maximum Gasteiger partial charge on any atom is 0.255 e. The molecule has 1 atom stereocenters. The van der Waals surface area contributed by atoms with E-state index >= 15 is 0 Å². The molecule has 7 nitrogen and oxygen atoms in total. The zero-order valence-electron chi connectivity index (χ0n) is 16.5. The van der Waals surface area contributed by atoms with Crippen molar-refractivity contribution in [1.29, 1.82) is 0 Å². The molecule has 148 valence electrons. The number of carbonyl (C=O) groups excluding carboxylic acids is 2. The van der Waals surface area contributed by atoms with Crippen LogP contribution in [-0.2, 0) is 11.2 Å². The number of nitrogens with zero attached hydrogens (tertiary/aromatic N) is 4. The number of amides is 2. The molecule has 0 aliphatic carbocycles. The van der Waals surface area contributed by atoms with Gasteiger partial charge in [-0.15, -0.1) is 0 Å². The van der Waals surface area contributed by atoms with Gasteiger partial charge in [-0.05, 0) is 30.9 Å². The minimum Gasteiger partial charge on any atom is -0.348 e.